The van der Waals surface area contributed by atoms with E-state index in [1.54, 1.807) is 23.1 Å². The first-order valence-corrected chi connectivity index (χ1v) is 7.84. The maximum atomic E-state index is 12.0. The highest BCUT2D eigenvalue weighted by molar-refractivity contribution is 14.1. The summed E-state index contributed by atoms with van der Waals surface area (Å²) in [6.07, 6.45) is 2.18. The summed E-state index contributed by atoms with van der Waals surface area (Å²) < 4.78 is 6.07. The minimum atomic E-state index is -0.443. The molecular weight excluding hydrogens is 369 g/mol. The predicted molar refractivity (Wildman–Crippen MR) is 84.4 cm³/mol. The number of hydrogen-bond acceptors (Lipinski definition) is 3. The molecule has 4 nitrogen and oxygen atoms in total. The summed E-state index contributed by atoms with van der Waals surface area (Å²) in [6.45, 7) is 3.50. The van der Waals surface area contributed by atoms with Gasteiger partial charge in [-0.3, -0.25) is 4.79 Å². The van der Waals surface area contributed by atoms with E-state index in [-0.39, 0.29) is 12.5 Å². The Hall–Kier alpha value is -1.11. The smallest absolute Gasteiger partial charge is 0.338 e. The molecule has 0 bridgehead atoms. The van der Waals surface area contributed by atoms with Gasteiger partial charge < -0.3 is 9.64 Å². The van der Waals surface area contributed by atoms with Gasteiger partial charge in [-0.25, -0.2) is 4.79 Å². The Labute approximate surface area is 132 Å². The normalized spacial score (nSPS) is 18.7. The Morgan fingerprint density at radius 1 is 1.45 bits per heavy atom. The first-order chi connectivity index (χ1) is 9.56. The van der Waals surface area contributed by atoms with Crippen LogP contribution in [0.3, 0.4) is 0 Å². The lowest BCUT2D eigenvalue weighted by atomic mass is 10.0. The van der Waals surface area contributed by atoms with Crippen LogP contribution in [0.5, 0.6) is 0 Å². The molecule has 0 aliphatic carbocycles. The van der Waals surface area contributed by atoms with E-state index >= 15 is 0 Å². The molecule has 0 saturated carbocycles. The number of amides is 1. The van der Waals surface area contributed by atoms with Crippen LogP contribution in [-0.2, 0) is 9.53 Å². The number of hydrogen-bond donors (Lipinski definition) is 0. The fourth-order valence-electron chi connectivity index (χ4n) is 2.33. The van der Waals surface area contributed by atoms with Crippen LogP contribution in [0.25, 0.3) is 0 Å². The van der Waals surface area contributed by atoms with Crippen molar-refractivity contribution >= 4 is 34.5 Å². The SMILES string of the molecule is CC1CCCN(C(=O)COC(=O)c2cccc(I)c2)C1. The highest BCUT2D eigenvalue weighted by Crippen LogP contribution is 2.15. The van der Waals surface area contributed by atoms with Gasteiger partial charge in [0.25, 0.3) is 5.91 Å². The van der Waals surface area contributed by atoms with E-state index in [9.17, 15) is 9.59 Å². The van der Waals surface area contributed by atoms with Crippen LogP contribution in [0, 0.1) is 9.49 Å². The Morgan fingerprint density at radius 2 is 2.25 bits per heavy atom. The average Bonchev–Trinajstić information content (AvgIpc) is 2.44. The molecule has 2 rings (SSSR count). The number of carbonyl (C=O) groups excluding carboxylic acids is 2. The van der Waals surface area contributed by atoms with Crippen molar-refractivity contribution in [3.05, 3.63) is 33.4 Å². The van der Waals surface area contributed by atoms with Gasteiger partial charge in [-0.05, 0) is 59.5 Å². The van der Waals surface area contributed by atoms with Gasteiger partial charge in [0.05, 0.1) is 5.56 Å². The number of likely N-dealkylation sites (tertiary alicyclic amines) is 1. The maximum Gasteiger partial charge on any atom is 0.338 e. The minimum Gasteiger partial charge on any atom is -0.452 e. The van der Waals surface area contributed by atoms with E-state index in [0.29, 0.717) is 11.5 Å². The van der Waals surface area contributed by atoms with Crippen molar-refractivity contribution in [2.45, 2.75) is 19.8 Å². The van der Waals surface area contributed by atoms with Gasteiger partial charge in [-0.15, -0.1) is 0 Å². The predicted octanol–water partition coefficient (Wildman–Crippen LogP) is 2.71. The molecule has 1 aliphatic heterocycles. The Balaban J connectivity index is 1.85. The molecule has 20 heavy (non-hydrogen) atoms. The summed E-state index contributed by atoms with van der Waals surface area (Å²) in [7, 11) is 0. The molecule has 1 fully saturated rings. The van der Waals surface area contributed by atoms with Crippen LogP contribution in [0.15, 0.2) is 24.3 Å². The quantitative estimate of drug-likeness (QED) is 0.592. The highest BCUT2D eigenvalue weighted by Gasteiger charge is 2.22. The van der Waals surface area contributed by atoms with Gasteiger partial charge in [0, 0.05) is 16.7 Å². The van der Waals surface area contributed by atoms with Gasteiger partial charge in [0.2, 0.25) is 0 Å². The summed E-state index contributed by atoms with van der Waals surface area (Å²) in [4.78, 5) is 25.6. The average molecular weight is 387 g/mol. The summed E-state index contributed by atoms with van der Waals surface area (Å²) in [5.41, 5.74) is 0.483. The fourth-order valence-corrected chi connectivity index (χ4v) is 2.88. The van der Waals surface area contributed by atoms with E-state index in [0.717, 1.165) is 29.5 Å². The summed E-state index contributed by atoms with van der Waals surface area (Å²) in [6, 6.07) is 7.14. The van der Waals surface area contributed by atoms with Gasteiger partial charge in [-0.1, -0.05) is 13.0 Å². The molecular formula is C15H18INO3. The Kier molecular flexibility index (Phi) is 5.39. The number of benzene rings is 1. The van der Waals surface area contributed by atoms with Crippen molar-refractivity contribution in [1.29, 1.82) is 0 Å². The van der Waals surface area contributed by atoms with Crippen LogP contribution >= 0.6 is 22.6 Å². The zero-order valence-corrected chi connectivity index (χ0v) is 13.6. The van der Waals surface area contributed by atoms with Crippen molar-refractivity contribution < 1.29 is 14.3 Å². The topological polar surface area (TPSA) is 46.6 Å². The second kappa shape index (κ2) is 7.06. The molecule has 0 radical (unpaired) electrons. The molecule has 108 valence electrons. The van der Waals surface area contributed by atoms with Gasteiger partial charge >= 0.3 is 5.97 Å². The lowest BCUT2D eigenvalue weighted by Crippen LogP contribution is -2.41. The Morgan fingerprint density at radius 3 is 2.95 bits per heavy atom. The molecule has 1 aromatic rings. The zero-order chi connectivity index (χ0) is 14.5. The number of piperidine rings is 1. The first-order valence-electron chi connectivity index (χ1n) is 6.76. The van der Waals surface area contributed by atoms with E-state index in [2.05, 4.69) is 29.5 Å². The molecule has 1 saturated heterocycles. The largest absolute Gasteiger partial charge is 0.452 e. The number of rotatable bonds is 3. The van der Waals surface area contributed by atoms with Crippen LogP contribution < -0.4 is 0 Å². The number of carbonyl (C=O) groups is 2. The lowest BCUT2D eigenvalue weighted by Gasteiger charge is -2.30. The number of esters is 1. The summed E-state index contributed by atoms with van der Waals surface area (Å²) in [5, 5.41) is 0. The van der Waals surface area contributed by atoms with E-state index in [1.807, 2.05) is 6.07 Å². The van der Waals surface area contributed by atoms with Crippen molar-refractivity contribution in [2.24, 2.45) is 5.92 Å². The van der Waals surface area contributed by atoms with Crippen LogP contribution in [0.1, 0.15) is 30.1 Å². The lowest BCUT2D eigenvalue weighted by molar-refractivity contribution is -0.136. The van der Waals surface area contributed by atoms with E-state index < -0.39 is 5.97 Å². The van der Waals surface area contributed by atoms with E-state index in [4.69, 9.17) is 4.74 Å². The second-order valence-electron chi connectivity index (χ2n) is 5.17. The number of ether oxygens (including phenoxy) is 1. The minimum absolute atomic E-state index is 0.101. The molecule has 1 aliphatic rings. The third-order valence-corrected chi connectivity index (χ3v) is 4.07. The maximum absolute atomic E-state index is 12.0. The summed E-state index contributed by atoms with van der Waals surface area (Å²) in [5.74, 6) is -0.0171. The molecule has 0 N–H and O–H groups in total. The van der Waals surface area contributed by atoms with Crippen LogP contribution in [0.2, 0.25) is 0 Å². The monoisotopic (exact) mass is 387 g/mol. The number of nitrogens with zero attached hydrogens (tertiary/aromatic N) is 1. The molecule has 5 heteroatoms. The van der Waals surface area contributed by atoms with Crippen molar-refractivity contribution in [3.63, 3.8) is 0 Å². The second-order valence-corrected chi connectivity index (χ2v) is 6.42. The number of halogens is 1. The highest BCUT2D eigenvalue weighted by atomic mass is 127. The van der Waals surface area contributed by atoms with Gasteiger partial charge in [-0.2, -0.15) is 0 Å². The first kappa shape index (κ1) is 15.3. The third-order valence-electron chi connectivity index (χ3n) is 3.40. The van der Waals surface area contributed by atoms with Crippen molar-refractivity contribution in [2.75, 3.05) is 19.7 Å². The van der Waals surface area contributed by atoms with Crippen molar-refractivity contribution in [1.82, 2.24) is 4.90 Å². The van der Waals surface area contributed by atoms with Crippen LogP contribution in [0.4, 0.5) is 0 Å². The van der Waals surface area contributed by atoms with Gasteiger partial charge in [0.15, 0.2) is 6.61 Å². The Bertz CT molecular complexity index is 504. The zero-order valence-electron chi connectivity index (χ0n) is 11.5. The molecule has 1 aromatic carbocycles. The van der Waals surface area contributed by atoms with E-state index in [1.165, 1.54) is 0 Å². The van der Waals surface area contributed by atoms with Crippen molar-refractivity contribution in [3.8, 4) is 0 Å². The third kappa shape index (κ3) is 4.19. The van der Waals surface area contributed by atoms with Gasteiger partial charge in [0.1, 0.15) is 0 Å². The summed E-state index contributed by atoms with van der Waals surface area (Å²) >= 11 is 2.14. The molecule has 0 spiro atoms. The molecule has 1 amide bonds. The molecule has 0 aromatic heterocycles. The molecule has 1 atom stereocenters. The van der Waals surface area contributed by atoms with Crippen LogP contribution in [-0.4, -0.2) is 36.5 Å². The molecule has 1 heterocycles. The fraction of sp³-hybridized carbons (Fsp3) is 0.467. The molecule has 1 unspecified atom stereocenters. The standard InChI is InChI=1S/C15H18INO3/c1-11-4-3-7-17(9-11)14(18)10-20-15(19)12-5-2-6-13(16)8-12/h2,5-6,8,11H,3-4,7,9-10H2,1H3.